The molecule has 0 spiro atoms. The SMILES string of the molecule is COc1ccc(C=NNC(=O)COc2ccccc2Cl)c(OC)c1. The van der Waals surface area contributed by atoms with Crippen molar-refractivity contribution in [2.75, 3.05) is 20.8 Å². The van der Waals surface area contributed by atoms with Crippen LogP contribution in [0.5, 0.6) is 17.2 Å². The van der Waals surface area contributed by atoms with Gasteiger partial charge in [-0.15, -0.1) is 0 Å². The molecule has 2 aromatic rings. The van der Waals surface area contributed by atoms with E-state index in [-0.39, 0.29) is 6.61 Å². The average molecular weight is 349 g/mol. The van der Waals surface area contributed by atoms with Crippen molar-refractivity contribution in [3.8, 4) is 17.2 Å². The fourth-order valence-electron chi connectivity index (χ4n) is 1.84. The zero-order valence-corrected chi connectivity index (χ0v) is 14.0. The Balaban J connectivity index is 1.89. The van der Waals surface area contributed by atoms with E-state index in [0.29, 0.717) is 27.8 Å². The molecule has 1 amide bonds. The second-order valence-corrected chi connectivity index (χ2v) is 5.03. The summed E-state index contributed by atoms with van der Waals surface area (Å²) in [5, 5.41) is 4.32. The fraction of sp³-hybridized carbons (Fsp3) is 0.176. The number of rotatable bonds is 7. The Morgan fingerprint density at radius 2 is 1.96 bits per heavy atom. The molecular weight excluding hydrogens is 332 g/mol. The Morgan fingerprint density at radius 3 is 2.67 bits per heavy atom. The van der Waals surface area contributed by atoms with Crippen LogP contribution in [0, 0.1) is 0 Å². The largest absolute Gasteiger partial charge is 0.497 e. The monoisotopic (exact) mass is 348 g/mol. The second kappa shape index (κ2) is 8.79. The number of halogens is 1. The van der Waals surface area contributed by atoms with Crippen LogP contribution in [0.1, 0.15) is 5.56 Å². The van der Waals surface area contributed by atoms with Gasteiger partial charge < -0.3 is 14.2 Å². The van der Waals surface area contributed by atoms with Crippen molar-refractivity contribution < 1.29 is 19.0 Å². The summed E-state index contributed by atoms with van der Waals surface area (Å²) in [6.45, 7) is -0.194. The molecule has 0 radical (unpaired) electrons. The van der Waals surface area contributed by atoms with Crippen molar-refractivity contribution in [1.82, 2.24) is 5.43 Å². The summed E-state index contributed by atoms with van der Waals surface area (Å²) in [4.78, 5) is 11.7. The van der Waals surface area contributed by atoms with Crippen molar-refractivity contribution in [2.45, 2.75) is 0 Å². The summed E-state index contributed by atoms with van der Waals surface area (Å²) in [7, 11) is 3.11. The van der Waals surface area contributed by atoms with E-state index in [0.717, 1.165) is 0 Å². The number of hydrogen-bond donors (Lipinski definition) is 1. The lowest BCUT2D eigenvalue weighted by Gasteiger charge is -2.07. The van der Waals surface area contributed by atoms with Gasteiger partial charge in [-0.05, 0) is 24.3 Å². The van der Waals surface area contributed by atoms with Crippen LogP contribution in [-0.4, -0.2) is 32.9 Å². The van der Waals surface area contributed by atoms with E-state index in [1.807, 2.05) is 0 Å². The number of carbonyl (C=O) groups is 1. The van der Waals surface area contributed by atoms with Gasteiger partial charge in [-0.1, -0.05) is 23.7 Å². The number of para-hydroxylation sites is 1. The summed E-state index contributed by atoms with van der Waals surface area (Å²) in [5.41, 5.74) is 3.08. The van der Waals surface area contributed by atoms with E-state index < -0.39 is 5.91 Å². The van der Waals surface area contributed by atoms with Gasteiger partial charge in [0.2, 0.25) is 0 Å². The number of carbonyl (C=O) groups excluding carboxylic acids is 1. The predicted molar refractivity (Wildman–Crippen MR) is 92.2 cm³/mol. The Bertz CT molecular complexity index is 734. The number of amides is 1. The first-order valence-corrected chi connectivity index (χ1v) is 7.43. The molecule has 0 aliphatic rings. The normalized spacial score (nSPS) is 10.5. The third-order valence-electron chi connectivity index (χ3n) is 3.03. The number of hydrogen-bond acceptors (Lipinski definition) is 5. The van der Waals surface area contributed by atoms with Gasteiger partial charge in [0.05, 0.1) is 25.5 Å². The van der Waals surface area contributed by atoms with Crippen LogP contribution in [0.2, 0.25) is 5.02 Å². The van der Waals surface area contributed by atoms with Gasteiger partial charge in [0.1, 0.15) is 17.2 Å². The number of nitrogens with zero attached hydrogens (tertiary/aromatic N) is 1. The first-order chi connectivity index (χ1) is 11.6. The van der Waals surface area contributed by atoms with Gasteiger partial charge in [-0.2, -0.15) is 5.10 Å². The van der Waals surface area contributed by atoms with Gasteiger partial charge in [-0.25, -0.2) is 5.43 Å². The van der Waals surface area contributed by atoms with E-state index in [2.05, 4.69) is 10.5 Å². The molecule has 0 aliphatic heterocycles. The van der Waals surface area contributed by atoms with Crippen molar-refractivity contribution in [3.63, 3.8) is 0 Å². The lowest BCUT2D eigenvalue weighted by Crippen LogP contribution is -2.24. The van der Waals surface area contributed by atoms with E-state index in [1.54, 1.807) is 56.7 Å². The Labute approximate surface area is 145 Å². The van der Waals surface area contributed by atoms with Crippen LogP contribution in [0.15, 0.2) is 47.6 Å². The summed E-state index contributed by atoms with van der Waals surface area (Å²) in [5.74, 6) is 1.29. The van der Waals surface area contributed by atoms with Gasteiger partial charge in [-0.3, -0.25) is 4.79 Å². The van der Waals surface area contributed by atoms with E-state index in [4.69, 9.17) is 25.8 Å². The van der Waals surface area contributed by atoms with E-state index in [9.17, 15) is 4.79 Å². The molecule has 0 fully saturated rings. The summed E-state index contributed by atoms with van der Waals surface area (Å²) in [6.07, 6.45) is 1.48. The molecule has 6 nitrogen and oxygen atoms in total. The quantitative estimate of drug-likeness (QED) is 0.617. The van der Waals surface area contributed by atoms with Crippen molar-refractivity contribution in [2.24, 2.45) is 5.10 Å². The van der Waals surface area contributed by atoms with Gasteiger partial charge >= 0.3 is 0 Å². The van der Waals surface area contributed by atoms with Crippen LogP contribution < -0.4 is 19.6 Å². The van der Waals surface area contributed by atoms with Crippen molar-refractivity contribution in [3.05, 3.63) is 53.1 Å². The fourth-order valence-corrected chi connectivity index (χ4v) is 2.03. The van der Waals surface area contributed by atoms with E-state index >= 15 is 0 Å². The van der Waals surface area contributed by atoms with Crippen molar-refractivity contribution >= 4 is 23.7 Å². The predicted octanol–water partition coefficient (Wildman–Crippen LogP) is 2.89. The Morgan fingerprint density at radius 1 is 1.17 bits per heavy atom. The molecular formula is C17H17ClN2O4. The standard InChI is InChI=1S/C17H17ClN2O4/c1-22-13-8-7-12(16(9-13)23-2)10-19-20-17(21)11-24-15-6-4-3-5-14(15)18/h3-10H,11H2,1-2H3,(H,20,21). The third kappa shape index (κ3) is 4.89. The maximum atomic E-state index is 11.7. The highest BCUT2D eigenvalue weighted by molar-refractivity contribution is 6.32. The Hall–Kier alpha value is -2.73. The molecule has 2 aromatic carbocycles. The highest BCUT2D eigenvalue weighted by Gasteiger charge is 2.05. The summed E-state index contributed by atoms with van der Waals surface area (Å²) in [6, 6.07) is 12.2. The molecule has 0 unspecified atom stereocenters. The lowest BCUT2D eigenvalue weighted by atomic mass is 10.2. The average Bonchev–Trinajstić information content (AvgIpc) is 2.61. The molecule has 0 atom stereocenters. The molecule has 0 heterocycles. The molecule has 0 saturated carbocycles. The summed E-state index contributed by atoms with van der Waals surface area (Å²) < 4.78 is 15.7. The molecule has 126 valence electrons. The molecule has 7 heteroatoms. The number of ether oxygens (including phenoxy) is 3. The smallest absolute Gasteiger partial charge is 0.277 e. The second-order valence-electron chi connectivity index (χ2n) is 4.62. The van der Waals surface area contributed by atoms with Crippen LogP contribution in [-0.2, 0) is 4.79 Å². The minimum absolute atomic E-state index is 0.194. The van der Waals surface area contributed by atoms with Crippen LogP contribution in [0.25, 0.3) is 0 Å². The minimum Gasteiger partial charge on any atom is -0.497 e. The maximum absolute atomic E-state index is 11.7. The molecule has 24 heavy (non-hydrogen) atoms. The molecule has 2 rings (SSSR count). The van der Waals surface area contributed by atoms with Crippen LogP contribution in [0.4, 0.5) is 0 Å². The molecule has 0 saturated heterocycles. The highest BCUT2D eigenvalue weighted by Crippen LogP contribution is 2.23. The molecule has 1 N–H and O–H groups in total. The molecule has 0 aliphatic carbocycles. The molecule has 0 bridgehead atoms. The number of benzene rings is 2. The lowest BCUT2D eigenvalue weighted by molar-refractivity contribution is -0.123. The van der Waals surface area contributed by atoms with Crippen LogP contribution in [0.3, 0.4) is 0 Å². The van der Waals surface area contributed by atoms with Gasteiger partial charge in [0, 0.05) is 11.6 Å². The number of hydrazone groups is 1. The Kier molecular flexibility index (Phi) is 6.45. The first kappa shape index (κ1) is 17.6. The zero-order valence-electron chi connectivity index (χ0n) is 13.3. The van der Waals surface area contributed by atoms with Crippen LogP contribution >= 0.6 is 11.6 Å². The number of nitrogens with one attached hydrogen (secondary N) is 1. The summed E-state index contributed by atoms with van der Waals surface area (Å²) >= 11 is 5.94. The van der Waals surface area contributed by atoms with Gasteiger partial charge in [0.25, 0.3) is 5.91 Å². The van der Waals surface area contributed by atoms with Gasteiger partial charge in [0.15, 0.2) is 6.61 Å². The zero-order chi connectivity index (χ0) is 17.4. The van der Waals surface area contributed by atoms with E-state index in [1.165, 1.54) is 6.21 Å². The minimum atomic E-state index is -0.404. The maximum Gasteiger partial charge on any atom is 0.277 e. The van der Waals surface area contributed by atoms with Crippen molar-refractivity contribution in [1.29, 1.82) is 0 Å². The topological polar surface area (TPSA) is 69.2 Å². The first-order valence-electron chi connectivity index (χ1n) is 7.05. The number of methoxy groups -OCH3 is 2. The highest BCUT2D eigenvalue weighted by atomic mass is 35.5. The third-order valence-corrected chi connectivity index (χ3v) is 3.34. The molecule has 0 aromatic heterocycles.